The highest BCUT2D eigenvalue weighted by atomic mass is 16.5. The molecule has 110 valence electrons. The lowest BCUT2D eigenvalue weighted by Gasteiger charge is -2.49. The van der Waals surface area contributed by atoms with E-state index in [-0.39, 0.29) is 5.54 Å². The summed E-state index contributed by atoms with van der Waals surface area (Å²) in [5.41, 5.74) is 8.79. The fourth-order valence-corrected chi connectivity index (χ4v) is 3.59. The molecule has 1 atom stereocenters. The average molecular weight is 275 g/mol. The van der Waals surface area contributed by atoms with Crippen molar-refractivity contribution in [3.63, 3.8) is 0 Å². The van der Waals surface area contributed by atoms with Crippen molar-refractivity contribution in [2.45, 2.75) is 18.4 Å². The Kier molecular flexibility index (Phi) is 3.61. The van der Waals surface area contributed by atoms with Crippen LogP contribution in [0, 0.1) is 5.92 Å². The van der Waals surface area contributed by atoms with Crippen LogP contribution in [0.4, 0.5) is 11.4 Å². The van der Waals surface area contributed by atoms with Crippen LogP contribution in [0.1, 0.15) is 12.8 Å². The maximum absolute atomic E-state index is 6.22. The number of ether oxygens (including phenoxy) is 1. The number of rotatable bonds is 5. The Balaban J connectivity index is 2.02. The van der Waals surface area contributed by atoms with Gasteiger partial charge in [0.25, 0.3) is 0 Å². The van der Waals surface area contributed by atoms with Gasteiger partial charge in [0.15, 0.2) is 0 Å². The summed E-state index contributed by atoms with van der Waals surface area (Å²) in [6, 6.07) is 8.64. The smallest absolute Gasteiger partial charge is 0.0786 e. The summed E-state index contributed by atoms with van der Waals surface area (Å²) in [5, 5.41) is 0. The van der Waals surface area contributed by atoms with Crippen molar-refractivity contribution in [1.82, 2.24) is 0 Å². The van der Waals surface area contributed by atoms with Crippen molar-refractivity contribution in [1.29, 1.82) is 0 Å². The molecule has 1 aliphatic heterocycles. The molecular weight excluding hydrogens is 250 g/mol. The molecule has 1 unspecified atom stereocenters. The van der Waals surface area contributed by atoms with Gasteiger partial charge in [-0.15, -0.1) is 0 Å². The zero-order valence-electron chi connectivity index (χ0n) is 12.5. The third kappa shape index (κ3) is 2.07. The minimum atomic E-state index is -0.0356. The van der Waals surface area contributed by atoms with Crippen LogP contribution >= 0.6 is 0 Å². The van der Waals surface area contributed by atoms with Crippen molar-refractivity contribution in [3.05, 3.63) is 24.3 Å². The van der Waals surface area contributed by atoms with Crippen molar-refractivity contribution in [3.8, 4) is 0 Å². The summed E-state index contributed by atoms with van der Waals surface area (Å²) in [4.78, 5) is 4.84. The molecule has 1 heterocycles. The van der Waals surface area contributed by atoms with Crippen LogP contribution in [0.15, 0.2) is 24.3 Å². The molecule has 4 nitrogen and oxygen atoms in total. The Bertz CT molecular complexity index is 475. The molecule has 3 rings (SSSR count). The molecule has 0 saturated heterocycles. The van der Waals surface area contributed by atoms with Crippen LogP contribution < -0.4 is 15.5 Å². The highest BCUT2D eigenvalue weighted by molar-refractivity contribution is 5.74. The Labute approximate surface area is 121 Å². The van der Waals surface area contributed by atoms with Gasteiger partial charge in [-0.2, -0.15) is 0 Å². The molecular formula is C16H25N3O. The number of anilines is 2. The number of benzene rings is 1. The second-order valence-electron chi connectivity index (χ2n) is 6.08. The van der Waals surface area contributed by atoms with Crippen LogP contribution in [0.3, 0.4) is 0 Å². The van der Waals surface area contributed by atoms with E-state index in [4.69, 9.17) is 10.5 Å². The zero-order chi connectivity index (χ0) is 14.2. The van der Waals surface area contributed by atoms with Crippen LogP contribution in [0.25, 0.3) is 0 Å². The first-order valence-electron chi connectivity index (χ1n) is 7.50. The molecule has 4 heteroatoms. The molecule has 20 heavy (non-hydrogen) atoms. The minimum Gasteiger partial charge on any atom is -0.382 e. The van der Waals surface area contributed by atoms with E-state index in [0.29, 0.717) is 19.1 Å². The highest BCUT2D eigenvalue weighted by Gasteiger charge is 2.49. The number of hydrogen-bond donors (Lipinski definition) is 1. The van der Waals surface area contributed by atoms with Gasteiger partial charge in [0.2, 0.25) is 0 Å². The van der Waals surface area contributed by atoms with Gasteiger partial charge in [-0.3, -0.25) is 0 Å². The summed E-state index contributed by atoms with van der Waals surface area (Å²) in [7, 11) is 3.95. The van der Waals surface area contributed by atoms with E-state index in [9.17, 15) is 0 Å². The van der Waals surface area contributed by atoms with Crippen LogP contribution in [0.2, 0.25) is 0 Å². The van der Waals surface area contributed by atoms with Crippen molar-refractivity contribution in [2.75, 3.05) is 50.2 Å². The monoisotopic (exact) mass is 275 g/mol. The van der Waals surface area contributed by atoms with Gasteiger partial charge >= 0.3 is 0 Å². The second-order valence-corrected chi connectivity index (χ2v) is 6.08. The normalized spacial score (nSPS) is 21.6. The molecule has 0 aromatic heterocycles. The number of likely N-dealkylation sites (N-methyl/N-ethyl adjacent to an activating group) is 1. The lowest BCUT2D eigenvalue weighted by atomic mass is 9.89. The Morgan fingerprint density at radius 3 is 2.55 bits per heavy atom. The van der Waals surface area contributed by atoms with Gasteiger partial charge in [0.1, 0.15) is 0 Å². The first-order valence-corrected chi connectivity index (χ1v) is 7.50. The summed E-state index contributed by atoms with van der Waals surface area (Å²) in [5.74, 6) is 0.670. The van der Waals surface area contributed by atoms with Crippen molar-refractivity contribution >= 4 is 11.4 Å². The molecule has 1 aromatic carbocycles. The Morgan fingerprint density at radius 2 is 1.95 bits per heavy atom. The largest absolute Gasteiger partial charge is 0.382 e. The Morgan fingerprint density at radius 1 is 1.25 bits per heavy atom. The second kappa shape index (κ2) is 5.26. The SMILES string of the molecule is COCC(CN)(C1CC1)N1CCN(C)c2ccccc21. The van der Waals surface area contributed by atoms with E-state index < -0.39 is 0 Å². The molecule has 1 saturated carbocycles. The fraction of sp³-hybridized carbons (Fsp3) is 0.625. The third-order valence-corrected chi connectivity index (χ3v) is 4.87. The van der Waals surface area contributed by atoms with Gasteiger partial charge in [0.05, 0.1) is 23.5 Å². The van der Waals surface area contributed by atoms with Gasteiger partial charge in [-0.05, 0) is 30.9 Å². The quantitative estimate of drug-likeness (QED) is 0.888. The molecule has 0 bridgehead atoms. The standard InChI is InChI=1S/C16H25N3O/c1-18-9-10-19(15-6-4-3-5-14(15)18)16(11-17,12-20-2)13-7-8-13/h3-6,13H,7-12,17H2,1-2H3. The van der Waals surface area contributed by atoms with E-state index in [2.05, 4.69) is 41.1 Å². The first kappa shape index (κ1) is 13.7. The number of para-hydroxylation sites is 2. The van der Waals surface area contributed by atoms with Crippen LogP contribution in [-0.2, 0) is 4.74 Å². The van der Waals surface area contributed by atoms with Crippen LogP contribution in [-0.4, -0.2) is 45.9 Å². The zero-order valence-corrected chi connectivity index (χ0v) is 12.5. The number of methoxy groups -OCH3 is 1. The van der Waals surface area contributed by atoms with Crippen molar-refractivity contribution < 1.29 is 4.74 Å². The van der Waals surface area contributed by atoms with Crippen molar-refractivity contribution in [2.24, 2.45) is 11.7 Å². The number of nitrogens with two attached hydrogens (primary N) is 1. The molecule has 0 amide bonds. The highest BCUT2D eigenvalue weighted by Crippen LogP contribution is 2.47. The Hall–Kier alpha value is -1.26. The predicted octanol–water partition coefficient (Wildman–Crippen LogP) is 1.70. The van der Waals surface area contributed by atoms with E-state index in [1.165, 1.54) is 24.2 Å². The van der Waals surface area contributed by atoms with Gasteiger partial charge < -0.3 is 20.3 Å². The lowest BCUT2D eigenvalue weighted by Crippen LogP contribution is -2.62. The summed E-state index contributed by atoms with van der Waals surface area (Å²) in [6.07, 6.45) is 2.55. The lowest BCUT2D eigenvalue weighted by molar-refractivity contribution is 0.117. The molecule has 1 aliphatic carbocycles. The number of nitrogens with zero attached hydrogens (tertiary/aromatic N) is 2. The predicted molar refractivity (Wildman–Crippen MR) is 83.4 cm³/mol. The number of fused-ring (bicyclic) bond motifs is 1. The summed E-state index contributed by atoms with van der Waals surface area (Å²) < 4.78 is 5.56. The summed E-state index contributed by atoms with van der Waals surface area (Å²) >= 11 is 0. The van der Waals surface area contributed by atoms with Gasteiger partial charge in [-0.25, -0.2) is 0 Å². The van der Waals surface area contributed by atoms with Gasteiger partial charge in [-0.1, -0.05) is 12.1 Å². The molecule has 1 fully saturated rings. The minimum absolute atomic E-state index is 0.0356. The van der Waals surface area contributed by atoms with E-state index in [1.807, 2.05) is 0 Å². The maximum Gasteiger partial charge on any atom is 0.0786 e. The van der Waals surface area contributed by atoms with Crippen LogP contribution in [0.5, 0.6) is 0 Å². The molecule has 2 N–H and O–H groups in total. The average Bonchev–Trinajstić information content (AvgIpc) is 3.31. The summed E-state index contributed by atoms with van der Waals surface area (Å²) in [6.45, 7) is 3.43. The molecule has 1 aromatic rings. The van der Waals surface area contributed by atoms with E-state index in [1.54, 1.807) is 7.11 Å². The van der Waals surface area contributed by atoms with E-state index in [0.717, 1.165) is 13.1 Å². The molecule has 0 radical (unpaired) electrons. The first-order chi connectivity index (χ1) is 9.73. The topological polar surface area (TPSA) is 41.7 Å². The molecule has 2 aliphatic rings. The number of hydrogen-bond acceptors (Lipinski definition) is 4. The third-order valence-electron chi connectivity index (χ3n) is 4.87. The van der Waals surface area contributed by atoms with Gasteiger partial charge in [0, 0.05) is 33.8 Å². The fourth-order valence-electron chi connectivity index (χ4n) is 3.59. The maximum atomic E-state index is 6.22. The van der Waals surface area contributed by atoms with E-state index >= 15 is 0 Å². The molecule has 0 spiro atoms.